The van der Waals surface area contributed by atoms with Crippen LogP contribution < -0.4 is 10.6 Å². The Balaban J connectivity index is 1.37. The summed E-state index contributed by atoms with van der Waals surface area (Å²) in [6.45, 7) is 2.20. The first-order valence-corrected chi connectivity index (χ1v) is 11.2. The van der Waals surface area contributed by atoms with Crippen molar-refractivity contribution in [3.63, 3.8) is 0 Å². The zero-order chi connectivity index (χ0) is 24.4. The predicted octanol–water partition coefficient (Wildman–Crippen LogP) is 4.82. The Morgan fingerprint density at radius 2 is 1.83 bits per heavy atom. The van der Waals surface area contributed by atoms with Crippen LogP contribution in [0.1, 0.15) is 24.0 Å². The van der Waals surface area contributed by atoms with Crippen LogP contribution in [-0.4, -0.2) is 21.4 Å². The normalized spacial score (nSPS) is 13.2. The lowest BCUT2D eigenvalue weighted by Gasteiger charge is -2.29. The van der Waals surface area contributed by atoms with Crippen molar-refractivity contribution in [1.29, 1.82) is 0 Å². The lowest BCUT2D eigenvalue weighted by molar-refractivity contribution is -0.402. The molecule has 0 aliphatic heterocycles. The number of aromatic amines is 1. The highest BCUT2D eigenvalue weighted by Crippen LogP contribution is 2.25. The van der Waals surface area contributed by atoms with Crippen LogP contribution >= 0.6 is 0 Å². The second-order valence-electron chi connectivity index (χ2n) is 8.65. The summed E-state index contributed by atoms with van der Waals surface area (Å²) in [5, 5.41) is 19.2. The summed E-state index contributed by atoms with van der Waals surface area (Å²) in [6.07, 6.45) is 2.32. The summed E-state index contributed by atoms with van der Waals surface area (Å²) >= 11 is 0. The van der Waals surface area contributed by atoms with Gasteiger partial charge in [0.05, 0.1) is 24.7 Å². The molecule has 0 saturated heterocycles. The smallest absolute Gasteiger partial charge is 0.433 e. The molecule has 0 aliphatic carbocycles. The quantitative estimate of drug-likeness (QED) is 0.208. The third kappa shape index (κ3) is 4.67. The molecule has 3 heterocycles. The van der Waals surface area contributed by atoms with Gasteiger partial charge in [-0.25, -0.2) is 0 Å². The molecule has 0 bridgehead atoms. The summed E-state index contributed by atoms with van der Waals surface area (Å²) in [5.41, 5.74) is 1.75. The number of H-pyrrole nitrogens is 1. The van der Waals surface area contributed by atoms with E-state index in [-0.39, 0.29) is 18.3 Å². The van der Waals surface area contributed by atoms with Crippen molar-refractivity contribution in [3.05, 3.63) is 100 Å². The van der Waals surface area contributed by atoms with Crippen LogP contribution in [0.4, 0.5) is 5.88 Å². The average Bonchev–Trinajstić information content (AvgIpc) is 3.59. The van der Waals surface area contributed by atoms with Crippen molar-refractivity contribution in [3.8, 4) is 0 Å². The van der Waals surface area contributed by atoms with E-state index in [1.54, 1.807) is 0 Å². The topological polar surface area (TPSA) is 126 Å². The van der Waals surface area contributed by atoms with Crippen molar-refractivity contribution in [1.82, 2.24) is 15.6 Å². The fourth-order valence-electron chi connectivity index (χ4n) is 4.21. The van der Waals surface area contributed by atoms with Crippen molar-refractivity contribution < 1.29 is 18.6 Å². The zero-order valence-corrected chi connectivity index (χ0v) is 19.0. The highest BCUT2D eigenvalue weighted by molar-refractivity contribution is 5.88. The van der Waals surface area contributed by atoms with Crippen molar-refractivity contribution in [2.75, 3.05) is 0 Å². The first-order chi connectivity index (χ1) is 16.9. The van der Waals surface area contributed by atoms with E-state index in [4.69, 9.17) is 8.83 Å². The van der Waals surface area contributed by atoms with E-state index >= 15 is 0 Å². The van der Waals surface area contributed by atoms with Gasteiger partial charge in [-0.3, -0.25) is 20.2 Å². The summed E-state index contributed by atoms with van der Waals surface area (Å²) < 4.78 is 11.1. The number of carbonyl (C=O) groups is 1. The molecule has 0 fully saturated rings. The van der Waals surface area contributed by atoms with Crippen LogP contribution in [-0.2, 0) is 24.3 Å². The lowest BCUT2D eigenvalue weighted by Crippen LogP contribution is -2.55. The molecular formula is C26H24N4O5. The number of nitro groups is 1. The van der Waals surface area contributed by atoms with Crippen LogP contribution in [0.5, 0.6) is 0 Å². The lowest BCUT2D eigenvalue weighted by atomic mass is 9.91. The molecule has 0 radical (unpaired) electrons. The average molecular weight is 473 g/mol. The zero-order valence-electron chi connectivity index (χ0n) is 19.0. The van der Waals surface area contributed by atoms with Gasteiger partial charge in [-0.2, -0.15) is 0 Å². The van der Waals surface area contributed by atoms with Gasteiger partial charge in [0.1, 0.15) is 22.0 Å². The number of hydrogen-bond acceptors (Lipinski definition) is 6. The molecule has 5 rings (SSSR count). The molecule has 0 saturated carbocycles. The number of furan rings is 2. The van der Waals surface area contributed by atoms with Gasteiger partial charge < -0.3 is 19.1 Å². The molecule has 1 unspecified atom stereocenters. The summed E-state index contributed by atoms with van der Waals surface area (Å²) in [5.74, 6) is 0.388. The third-order valence-corrected chi connectivity index (χ3v) is 6.10. The summed E-state index contributed by atoms with van der Waals surface area (Å²) in [6, 6.07) is 20.4. The molecule has 5 aromatic rings. The number of carbonyl (C=O) groups excluding carboxylic acids is 1. The number of nitrogens with zero attached hydrogens (tertiary/aromatic N) is 1. The van der Waals surface area contributed by atoms with E-state index in [0.717, 1.165) is 27.4 Å². The fraction of sp³-hybridized carbons (Fsp3) is 0.192. The first-order valence-electron chi connectivity index (χ1n) is 11.2. The van der Waals surface area contributed by atoms with Crippen LogP contribution in [0.3, 0.4) is 0 Å². The van der Waals surface area contributed by atoms with E-state index in [0.29, 0.717) is 24.5 Å². The Hall–Kier alpha value is -4.37. The maximum atomic E-state index is 13.4. The molecule has 9 nitrogen and oxygen atoms in total. The van der Waals surface area contributed by atoms with E-state index in [1.807, 2.05) is 67.7 Å². The Bertz CT molecular complexity index is 1480. The van der Waals surface area contributed by atoms with E-state index < -0.39 is 10.5 Å². The van der Waals surface area contributed by atoms with Gasteiger partial charge in [-0.05, 0) is 36.8 Å². The Morgan fingerprint density at radius 3 is 2.63 bits per heavy atom. The minimum atomic E-state index is -1.01. The molecule has 1 amide bonds. The summed E-state index contributed by atoms with van der Waals surface area (Å²) in [7, 11) is 0. The van der Waals surface area contributed by atoms with Crippen LogP contribution in [0, 0.1) is 10.1 Å². The monoisotopic (exact) mass is 472 g/mol. The van der Waals surface area contributed by atoms with Gasteiger partial charge in [0, 0.05) is 28.9 Å². The minimum absolute atomic E-state index is 0.0302. The second-order valence-corrected chi connectivity index (χ2v) is 8.65. The highest BCUT2D eigenvalue weighted by Gasteiger charge is 2.34. The first kappa shape index (κ1) is 22.4. The van der Waals surface area contributed by atoms with E-state index in [9.17, 15) is 14.9 Å². The van der Waals surface area contributed by atoms with Crippen LogP contribution in [0.15, 0.2) is 81.8 Å². The number of aromatic nitrogens is 1. The molecule has 0 aliphatic rings. The molecule has 9 heteroatoms. The molecule has 3 aromatic heterocycles. The Morgan fingerprint density at radius 1 is 1.03 bits per heavy atom. The largest absolute Gasteiger partial charge is 0.460 e. The van der Waals surface area contributed by atoms with Gasteiger partial charge >= 0.3 is 5.88 Å². The van der Waals surface area contributed by atoms with Crippen molar-refractivity contribution >= 4 is 33.7 Å². The SMILES string of the molecule is CC(Cc1c[nH]c2ccccc12)(NCc1cc2ccccc2o1)C(=O)NCc1ccc([N+](=O)[O-])o1. The van der Waals surface area contributed by atoms with Crippen molar-refractivity contribution in [2.45, 2.75) is 32.0 Å². The Kier molecular flexibility index (Phi) is 5.84. The number of rotatable bonds is 9. The molecule has 2 aromatic carbocycles. The van der Waals surface area contributed by atoms with Gasteiger partial charge in [0.15, 0.2) is 0 Å². The molecule has 1 atom stereocenters. The summed E-state index contributed by atoms with van der Waals surface area (Å²) in [4.78, 5) is 27.0. The maximum Gasteiger partial charge on any atom is 0.433 e. The minimum Gasteiger partial charge on any atom is -0.460 e. The Labute approximate surface area is 200 Å². The van der Waals surface area contributed by atoms with Crippen LogP contribution in [0.25, 0.3) is 21.9 Å². The van der Waals surface area contributed by atoms with Gasteiger partial charge in [-0.15, -0.1) is 0 Å². The van der Waals surface area contributed by atoms with Crippen molar-refractivity contribution in [2.24, 2.45) is 0 Å². The van der Waals surface area contributed by atoms with Gasteiger partial charge in [0.2, 0.25) is 5.91 Å². The maximum absolute atomic E-state index is 13.4. The number of fused-ring (bicyclic) bond motifs is 2. The van der Waals surface area contributed by atoms with E-state index in [2.05, 4.69) is 15.6 Å². The number of hydrogen-bond donors (Lipinski definition) is 3. The van der Waals surface area contributed by atoms with E-state index in [1.165, 1.54) is 12.1 Å². The number of benzene rings is 2. The van der Waals surface area contributed by atoms with Crippen LogP contribution in [0.2, 0.25) is 0 Å². The standard InChI is InChI=1S/C26H24N4O5/c1-26(13-18-14-27-22-8-4-3-7-21(18)22,25(31)28-15-19-10-11-24(35-19)30(32)33)29-16-20-12-17-6-2-5-9-23(17)34-20/h2-12,14,27,29H,13,15-16H2,1H3,(H,28,31). The second kappa shape index (κ2) is 9.11. The highest BCUT2D eigenvalue weighted by atomic mass is 16.6. The molecule has 178 valence electrons. The third-order valence-electron chi connectivity index (χ3n) is 6.10. The predicted molar refractivity (Wildman–Crippen MR) is 131 cm³/mol. The number of nitrogens with one attached hydrogen (secondary N) is 3. The molecule has 0 spiro atoms. The van der Waals surface area contributed by atoms with Gasteiger partial charge in [-0.1, -0.05) is 36.4 Å². The molecule has 3 N–H and O–H groups in total. The fourth-order valence-corrected chi connectivity index (χ4v) is 4.21. The molecule has 35 heavy (non-hydrogen) atoms. The number of amides is 1. The number of para-hydroxylation sites is 2. The van der Waals surface area contributed by atoms with Gasteiger partial charge in [0.25, 0.3) is 0 Å². The molecular weight excluding hydrogens is 448 g/mol.